The number of carbonyl (C=O) groups excluding carboxylic acids is 1. The van der Waals surface area contributed by atoms with E-state index in [1.807, 2.05) is 30.3 Å². The molecule has 1 amide bonds. The molecule has 6 nitrogen and oxygen atoms in total. The highest BCUT2D eigenvalue weighted by Crippen LogP contribution is 2.26. The maximum absolute atomic E-state index is 12.4. The summed E-state index contributed by atoms with van der Waals surface area (Å²) in [7, 11) is 3.23. The number of rotatable bonds is 11. The average Bonchev–Trinajstić information content (AvgIpc) is 2.75. The van der Waals surface area contributed by atoms with E-state index in [0.29, 0.717) is 18.0 Å². The minimum atomic E-state index is -0.175. The van der Waals surface area contributed by atoms with Crippen molar-refractivity contribution in [3.05, 3.63) is 54.1 Å². The predicted molar refractivity (Wildman–Crippen MR) is 110 cm³/mol. The van der Waals surface area contributed by atoms with E-state index in [1.54, 1.807) is 26.4 Å². The lowest BCUT2D eigenvalue weighted by Gasteiger charge is -2.30. The van der Waals surface area contributed by atoms with Crippen LogP contribution in [0.2, 0.25) is 0 Å². The van der Waals surface area contributed by atoms with Gasteiger partial charge in [0.25, 0.3) is 5.91 Å². The van der Waals surface area contributed by atoms with Crippen molar-refractivity contribution in [3.8, 4) is 17.2 Å². The second kappa shape index (κ2) is 11.2. The summed E-state index contributed by atoms with van der Waals surface area (Å²) in [6.45, 7) is 6.41. The van der Waals surface area contributed by atoms with Gasteiger partial charge in [0.05, 0.1) is 20.3 Å². The summed E-state index contributed by atoms with van der Waals surface area (Å²) < 4.78 is 16.2. The van der Waals surface area contributed by atoms with Gasteiger partial charge in [0.15, 0.2) is 18.1 Å². The lowest BCUT2D eigenvalue weighted by atomic mass is 10.0. The van der Waals surface area contributed by atoms with Crippen LogP contribution in [0.5, 0.6) is 17.2 Å². The van der Waals surface area contributed by atoms with Crippen molar-refractivity contribution in [1.29, 1.82) is 0 Å². The molecule has 1 unspecified atom stereocenters. The monoisotopic (exact) mass is 386 g/mol. The Morgan fingerprint density at radius 2 is 1.71 bits per heavy atom. The summed E-state index contributed by atoms with van der Waals surface area (Å²) in [4.78, 5) is 14.7. The summed E-state index contributed by atoms with van der Waals surface area (Å²) in [6.07, 6.45) is 0. The maximum atomic E-state index is 12.4. The third-order valence-electron chi connectivity index (χ3n) is 4.65. The van der Waals surface area contributed by atoms with E-state index < -0.39 is 0 Å². The molecule has 1 atom stereocenters. The summed E-state index contributed by atoms with van der Waals surface area (Å²) in [6, 6.07) is 15.3. The van der Waals surface area contributed by atoms with E-state index in [9.17, 15) is 4.79 Å². The minimum Gasteiger partial charge on any atom is -0.497 e. The molecular formula is C22H30N2O4. The fraction of sp³-hybridized carbons (Fsp3) is 0.409. The molecule has 2 rings (SSSR count). The van der Waals surface area contributed by atoms with Gasteiger partial charge in [-0.2, -0.15) is 0 Å². The van der Waals surface area contributed by atoms with Crippen LogP contribution in [0.1, 0.15) is 25.5 Å². The van der Waals surface area contributed by atoms with Gasteiger partial charge in [-0.05, 0) is 42.9 Å². The second-order valence-electron chi connectivity index (χ2n) is 6.26. The molecule has 0 saturated heterocycles. The van der Waals surface area contributed by atoms with Crippen molar-refractivity contribution in [2.24, 2.45) is 0 Å². The smallest absolute Gasteiger partial charge is 0.258 e. The molecule has 152 valence electrons. The Balaban J connectivity index is 2.00. The molecule has 0 aromatic heterocycles. The molecule has 28 heavy (non-hydrogen) atoms. The number of likely N-dealkylation sites (N-methyl/N-ethyl adjacent to an activating group) is 1. The van der Waals surface area contributed by atoms with Crippen molar-refractivity contribution in [2.45, 2.75) is 19.9 Å². The van der Waals surface area contributed by atoms with E-state index >= 15 is 0 Å². The van der Waals surface area contributed by atoms with Crippen LogP contribution < -0.4 is 19.5 Å². The Morgan fingerprint density at radius 3 is 2.36 bits per heavy atom. The molecule has 0 radical (unpaired) electrons. The quantitative estimate of drug-likeness (QED) is 0.642. The topological polar surface area (TPSA) is 60.0 Å². The molecular weight excluding hydrogens is 356 g/mol. The van der Waals surface area contributed by atoms with Crippen LogP contribution in [0, 0.1) is 0 Å². The predicted octanol–water partition coefficient (Wildman–Crippen LogP) is 3.28. The van der Waals surface area contributed by atoms with E-state index in [-0.39, 0.29) is 18.6 Å². The molecule has 1 N–H and O–H groups in total. The Hall–Kier alpha value is -2.73. The lowest BCUT2D eigenvalue weighted by Crippen LogP contribution is -2.39. The first-order valence-corrected chi connectivity index (χ1v) is 9.53. The Bertz CT molecular complexity index is 747. The number of carbonyl (C=O) groups is 1. The van der Waals surface area contributed by atoms with Crippen LogP contribution in [0.25, 0.3) is 0 Å². The zero-order chi connectivity index (χ0) is 20.4. The van der Waals surface area contributed by atoms with E-state index in [2.05, 4.69) is 30.1 Å². The van der Waals surface area contributed by atoms with Crippen molar-refractivity contribution in [1.82, 2.24) is 10.2 Å². The third kappa shape index (κ3) is 5.89. The molecule has 2 aromatic rings. The molecule has 0 spiro atoms. The summed E-state index contributed by atoms with van der Waals surface area (Å²) in [5.41, 5.74) is 1.11. The molecule has 0 saturated carbocycles. The number of hydrogen-bond acceptors (Lipinski definition) is 5. The Labute approximate surface area is 167 Å². The average molecular weight is 386 g/mol. The number of amides is 1. The van der Waals surface area contributed by atoms with E-state index in [4.69, 9.17) is 14.2 Å². The Morgan fingerprint density at radius 1 is 1.00 bits per heavy atom. The van der Waals surface area contributed by atoms with Gasteiger partial charge in [-0.15, -0.1) is 0 Å². The molecule has 0 aliphatic rings. The fourth-order valence-corrected chi connectivity index (χ4v) is 3.11. The largest absolute Gasteiger partial charge is 0.497 e. The lowest BCUT2D eigenvalue weighted by molar-refractivity contribution is -0.123. The van der Waals surface area contributed by atoms with Crippen LogP contribution in [0.4, 0.5) is 0 Å². The fourth-order valence-electron chi connectivity index (χ4n) is 3.11. The minimum absolute atomic E-state index is 0.0558. The first-order valence-electron chi connectivity index (χ1n) is 9.53. The van der Waals surface area contributed by atoms with Gasteiger partial charge >= 0.3 is 0 Å². The molecule has 6 heteroatoms. The van der Waals surface area contributed by atoms with Gasteiger partial charge in [0.2, 0.25) is 0 Å². The third-order valence-corrected chi connectivity index (χ3v) is 4.65. The Kier molecular flexibility index (Phi) is 8.62. The molecule has 0 fully saturated rings. The standard InChI is InChI=1S/C22H30N2O4/c1-5-24(6-2)19(17-10-9-11-18(14-17)26-3)15-23-22(25)16-28-21-13-8-7-12-20(21)27-4/h7-14,19H,5-6,15-16H2,1-4H3,(H,23,25). The van der Waals surface area contributed by atoms with Gasteiger partial charge in [-0.25, -0.2) is 0 Å². The van der Waals surface area contributed by atoms with Crippen molar-refractivity contribution in [2.75, 3.05) is 40.5 Å². The van der Waals surface area contributed by atoms with Crippen molar-refractivity contribution < 1.29 is 19.0 Å². The SMILES string of the molecule is CCN(CC)C(CNC(=O)COc1ccccc1OC)c1cccc(OC)c1. The first kappa shape index (κ1) is 21.6. The molecule has 0 aliphatic heterocycles. The number of hydrogen-bond donors (Lipinski definition) is 1. The highest BCUT2D eigenvalue weighted by molar-refractivity contribution is 5.77. The van der Waals surface area contributed by atoms with Gasteiger partial charge in [0.1, 0.15) is 5.75 Å². The molecule has 0 bridgehead atoms. The number of benzene rings is 2. The van der Waals surface area contributed by atoms with Crippen molar-refractivity contribution >= 4 is 5.91 Å². The molecule has 2 aromatic carbocycles. The molecule has 0 aliphatic carbocycles. The maximum Gasteiger partial charge on any atom is 0.258 e. The van der Waals surface area contributed by atoms with Crippen LogP contribution in [-0.2, 0) is 4.79 Å². The van der Waals surface area contributed by atoms with Crippen LogP contribution in [0.15, 0.2) is 48.5 Å². The van der Waals surface area contributed by atoms with E-state index in [1.165, 1.54) is 0 Å². The van der Waals surface area contributed by atoms with Crippen LogP contribution in [-0.4, -0.2) is 51.3 Å². The second-order valence-corrected chi connectivity index (χ2v) is 6.26. The van der Waals surface area contributed by atoms with Gasteiger partial charge in [0, 0.05) is 6.54 Å². The summed E-state index contributed by atoms with van der Waals surface area (Å²) in [5.74, 6) is 1.78. The zero-order valence-corrected chi connectivity index (χ0v) is 17.1. The number of nitrogens with one attached hydrogen (secondary N) is 1. The van der Waals surface area contributed by atoms with Crippen LogP contribution >= 0.6 is 0 Å². The first-order chi connectivity index (χ1) is 13.6. The van der Waals surface area contributed by atoms with Crippen molar-refractivity contribution in [3.63, 3.8) is 0 Å². The van der Waals surface area contributed by atoms with E-state index in [0.717, 1.165) is 24.4 Å². The van der Waals surface area contributed by atoms with Gasteiger partial charge < -0.3 is 19.5 Å². The van der Waals surface area contributed by atoms with Gasteiger partial charge in [-0.1, -0.05) is 38.1 Å². The van der Waals surface area contributed by atoms with Gasteiger partial charge in [-0.3, -0.25) is 9.69 Å². The summed E-state index contributed by atoms with van der Waals surface area (Å²) in [5, 5.41) is 2.99. The number of para-hydroxylation sites is 2. The zero-order valence-electron chi connectivity index (χ0n) is 17.1. The number of nitrogens with zero attached hydrogens (tertiary/aromatic N) is 1. The summed E-state index contributed by atoms with van der Waals surface area (Å²) >= 11 is 0. The highest BCUT2D eigenvalue weighted by Gasteiger charge is 2.19. The van der Waals surface area contributed by atoms with Crippen LogP contribution in [0.3, 0.4) is 0 Å². The highest BCUT2D eigenvalue weighted by atomic mass is 16.5. The molecule has 0 heterocycles. The number of methoxy groups -OCH3 is 2. The normalized spacial score (nSPS) is 11.8. The number of ether oxygens (including phenoxy) is 3.